The van der Waals surface area contributed by atoms with Crippen molar-refractivity contribution in [2.45, 2.75) is 18.7 Å². The Morgan fingerprint density at radius 3 is 2.40 bits per heavy atom. The monoisotopic (exact) mass is 547 g/mol. The standard InChI is InChI=1S/C27H28N5OP.C6H6/c28-13-21-8-6-20(7-9-21)10-11-30-16-25-17-31-26-12-23(15-32-27(26)33-25)24(14-29)19-34-18-22-4-2-1-3-5-22;1-2-4-6-5-3-1/h1-9,12,14-15,19,25,29-31,34H,10-11,16-18H2;1-6H/b24-19+,29-14?;. The van der Waals surface area contributed by atoms with Crippen molar-refractivity contribution in [2.24, 2.45) is 0 Å². The average Bonchev–Trinajstić information content (AvgIpc) is 3.03. The van der Waals surface area contributed by atoms with Gasteiger partial charge < -0.3 is 20.8 Å². The molecule has 2 heterocycles. The third kappa shape index (κ3) is 9.17. The fourth-order valence-corrected chi connectivity index (χ4v) is 5.12. The topological polar surface area (TPSA) is 93.8 Å². The van der Waals surface area contributed by atoms with Crippen molar-refractivity contribution in [1.29, 1.82) is 10.7 Å². The Bertz CT molecular complexity index is 1380. The average molecular weight is 548 g/mol. The molecule has 6 nitrogen and oxygen atoms in total. The van der Waals surface area contributed by atoms with Gasteiger partial charge in [0.2, 0.25) is 5.88 Å². The van der Waals surface area contributed by atoms with Gasteiger partial charge in [-0.3, -0.25) is 0 Å². The zero-order chi connectivity index (χ0) is 27.8. The largest absolute Gasteiger partial charge is 0.470 e. The van der Waals surface area contributed by atoms with Crippen LogP contribution < -0.4 is 15.4 Å². The van der Waals surface area contributed by atoms with Crippen LogP contribution >= 0.6 is 8.58 Å². The van der Waals surface area contributed by atoms with E-state index in [2.05, 4.69) is 51.8 Å². The predicted octanol–water partition coefficient (Wildman–Crippen LogP) is 6.51. The maximum atomic E-state index is 8.89. The zero-order valence-electron chi connectivity index (χ0n) is 22.4. The van der Waals surface area contributed by atoms with E-state index in [1.807, 2.05) is 72.8 Å². The first-order valence-electron chi connectivity index (χ1n) is 13.3. The van der Waals surface area contributed by atoms with E-state index in [0.29, 0.717) is 26.6 Å². The number of anilines is 1. The van der Waals surface area contributed by atoms with Crippen molar-refractivity contribution in [3.63, 3.8) is 0 Å². The molecule has 202 valence electrons. The van der Waals surface area contributed by atoms with Crippen LogP contribution in [-0.4, -0.2) is 36.9 Å². The molecule has 5 rings (SSSR count). The van der Waals surface area contributed by atoms with Gasteiger partial charge in [0.05, 0.1) is 23.9 Å². The second kappa shape index (κ2) is 16.0. The predicted molar refractivity (Wildman–Crippen MR) is 167 cm³/mol. The molecule has 2 unspecified atom stereocenters. The van der Waals surface area contributed by atoms with Gasteiger partial charge >= 0.3 is 0 Å². The van der Waals surface area contributed by atoms with Gasteiger partial charge in [-0.2, -0.15) is 5.26 Å². The number of ether oxygens (including phenoxy) is 1. The minimum Gasteiger partial charge on any atom is -0.470 e. The van der Waals surface area contributed by atoms with Crippen LogP contribution in [0.4, 0.5) is 5.69 Å². The lowest BCUT2D eigenvalue weighted by atomic mass is 10.1. The van der Waals surface area contributed by atoms with E-state index in [-0.39, 0.29) is 6.10 Å². The first-order valence-corrected chi connectivity index (χ1v) is 14.6. The summed E-state index contributed by atoms with van der Waals surface area (Å²) >= 11 is 0. The molecule has 1 aliphatic heterocycles. The van der Waals surface area contributed by atoms with E-state index in [1.54, 1.807) is 6.20 Å². The van der Waals surface area contributed by atoms with Gasteiger partial charge in [-0.25, -0.2) is 4.98 Å². The fraction of sp³-hybridized carbons (Fsp3) is 0.182. The quantitative estimate of drug-likeness (QED) is 0.120. The van der Waals surface area contributed by atoms with Gasteiger partial charge in [0.25, 0.3) is 0 Å². The zero-order valence-corrected chi connectivity index (χ0v) is 23.4. The van der Waals surface area contributed by atoms with Crippen LogP contribution in [-0.2, 0) is 12.6 Å². The van der Waals surface area contributed by atoms with Gasteiger partial charge in [-0.05, 0) is 48.5 Å². The molecule has 0 aliphatic carbocycles. The summed E-state index contributed by atoms with van der Waals surface area (Å²) in [5.41, 5.74) is 5.85. The summed E-state index contributed by atoms with van der Waals surface area (Å²) in [7, 11) is 0.600. The highest BCUT2D eigenvalue weighted by molar-refractivity contribution is 7.41. The minimum atomic E-state index is -0.00285. The van der Waals surface area contributed by atoms with Crippen molar-refractivity contribution in [3.05, 3.63) is 131 Å². The number of nitrogens with one attached hydrogen (secondary N) is 3. The molecule has 0 saturated heterocycles. The van der Waals surface area contributed by atoms with Crippen LogP contribution in [0, 0.1) is 16.7 Å². The van der Waals surface area contributed by atoms with Crippen molar-refractivity contribution >= 4 is 26.1 Å². The van der Waals surface area contributed by atoms with Crippen LogP contribution in [0.2, 0.25) is 0 Å². The molecule has 3 N–H and O–H groups in total. The summed E-state index contributed by atoms with van der Waals surface area (Å²) in [6.45, 7) is 2.25. The van der Waals surface area contributed by atoms with E-state index in [0.717, 1.165) is 42.5 Å². The van der Waals surface area contributed by atoms with Crippen LogP contribution in [0.1, 0.15) is 22.3 Å². The van der Waals surface area contributed by atoms with Crippen LogP contribution in [0.25, 0.3) is 5.57 Å². The van der Waals surface area contributed by atoms with Crippen molar-refractivity contribution in [1.82, 2.24) is 10.3 Å². The molecule has 0 radical (unpaired) electrons. The lowest BCUT2D eigenvalue weighted by Gasteiger charge is -2.27. The summed E-state index contributed by atoms with van der Waals surface area (Å²) in [6, 6.07) is 34.2. The van der Waals surface area contributed by atoms with Gasteiger partial charge in [0.15, 0.2) is 0 Å². The second-order valence-corrected chi connectivity index (χ2v) is 10.3. The highest BCUT2D eigenvalue weighted by atomic mass is 31.1. The maximum Gasteiger partial charge on any atom is 0.237 e. The molecule has 1 aromatic heterocycles. The molecule has 4 aromatic rings. The first-order chi connectivity index (χ1) is 19.7. The van der Waals surface area contributed by atoms with Gasteiger partial charge in [-0.1, -0.05) is 93.3 Å². The number of fused-ring (bicyclic) bond motifs is 1. The Labute approximate surface area is 238 Å². The number of aromatic nitrogens is 1. The molecule has 1 aliphatic rings. The number of allylic oxidation sites excluding steroid dienone is 1. The number of hydrogen-bond acceptors (Lipinski definition) is 6. The summed E-state index contributed by atoms with van der Waals surface area (Å²) in [4.78, 5) is 4.52. The number of nitriles is 1. The number of pyridine rings is 1. The molecule has 0 fully saturated rings. The Morgan fingerprint density at radius 2 is 1.73 bits per heavy atom. The lowest BCUT2D eigenvalue weighted by Crippen LogP contribution is -2.40. The Balaban J connectivity index is 0.000000546. The Kier molecular flexibility index (Phi) is 11.4. The lowest BCUT2D eigenvalue weighted by molar-refractivity contribution is 0.194. The normalized spacial score (nSPS) is 14.2. The number of rotatable bonds is 10. The summed E-state index contributed by atoms with van der Waals surface area (Å²) in [6.07, 6.45) is 5.04. The Morgan fingerprint density at radius 1 is 1.02 bits per heavy atom. The van der Waals surface area contributed by atoms with E-state index >= 15 is 0 Å². The van der Waals surface area contributed by atoms with Gasteiger partial charge in [-0.15, -0.1) is 0 Å². The van der Waals surface area contributed by atoms with Crippen molar-refractivity contribution < 1.29 is 4.74 Å². The van der Waals surface area contributed by atoms with Crippen LogP contribution in [0.15, 0.2) is 109 Å². The number of benzene rings is 3. The summed E-state index contributed by atoms with van der Waals surface area (Å²) < 4.78 is 6.07. The maximum absolute atomic E-state index is 8.89. The first kappa shape index (κ1) is 28.7. The van der Waals surface area contributed by atoms with Crippen molar-refractivity contribution in [2.75, 3.05) is 25.0 Å². The van der Waals surface area contributed by atoms with Crippen LogP contribution in [0.3, 0.4) is 0 Å². The van der Waals surface area contributed by atoms with Gasteiger partial charge in [0.1, 0.15) is 6.10 Å². The molecule has 2 atom stereocenters. The summed E-state index contributed by atoms with van der Waals surface area (Å²) in [5, 5.41) is 23.6. The molecule has 0 amide bonds. The molecule has 3 aromatic carbocycles. The fourth-order valence-electron chi connectivity index (χ4n) is 4.08. The molecule has 0 spiro atoms. The Hall–Kier alpha value is -4.30. The molecule has 0 saturated carbocycles. The highest BCUT2D eigenvalue weighted by Crippen LogP contribution is 2.31. The third-order valence-corrected chi connectivity index (χ3v) is 7.38. The van der Waals surface area contributed by atoms with Crippen LogP contribution in [0.5, 0.6) is 5.88 Å². The van der Waals surface area contributed by atoms with Gasteiger partial charge in [0, 0.05) is 30.1 Å². The summed E-state index contributed by atoms with van der Waals surface area (Å²) in [5.74, 6) is 2.72. The molecule has 40 heavy (non-hydrogen) atoms. The molecule has 7 heteroatoms. The van der Waals surface area contributed by atoms with Crippen molar-refractivity contribution in [3.8, 4) is 11.9 Å². The smallest absolute Gasteiger partial charge is 0.237 e. The number of nitrogens with zero attached hydrogens (tertiary/aromatic N) is 2. The molecular weight excluding hydrogens is 513 g/mol. The molecular formula is C33H34N5OP. The highest BCUT2D eigenvalue weighted by Gasteiger charge is 2.20. The van der Waals surface area contributed by atoms with E-state index in [9.17, 15) is 0 Å². The van der Waals surface area contributed by atoms with E-state index in [1.165, 1.54) is 17.3 Å². The van der Waals surface area contributed by atoms with E-state index in [4.69, 9.17) is 15.4 Å². The molecule has 0 bridgehead atoms. The van der Waals surface area contributed by atoms with E-state index < -0.39 is 0 Å². The number of hydrogen-bond donors (Lipinski definition) is 3. The minimum absolute atomic E-state index is 0.00285. The SMILES string of the molecule is N#Cc1ccc(CCNCC2CNc3cc(/C(C=N)=C/PCc4ccccc4)cnc3O2)cc1.c1ccccc1. The third-order valence-electron chi connectivity index (χ3n) is 6.26. The second-order valence-electron chi connectivity index (χ2n) is 9.23.